The SMILES string of the molecule is CCc1nc(Nc2cccc(C(=O)O)c2)c2c3c(sc2n1)CCC3. The van der Waals surface area contributed by atoms with Crippen LogP contribution in [0.5, 0.6) is 0 Å². The third kappa shape index (κ3) is 2.53. The van der Waals surface area contributed by atoms with Crippen LogP contribution >= 0.6 is 11.3 Å². The van der Waals surface area contributed by atoms with E-state index >= 15 is 0 Å². The van der Waals surface area contributed by atoms with Crippen molar-refractivity contribution >= 4 is 39.0 Å². The van der Waals surface area contributed by atoms with Crippen molar-refractivity contribution in [2.75, 3.05) is 5.32 Å². The molecule has 0 saturated heterocycles. The summed E-state index contributed by atoms with van der Waals surface area (Å²) in [5.74, 6) is 0.662. The Morgan fingerprint density at radius 2 is 2.21 bits per heavy atom. The molecule has 5 nitrogen and oxygen atoms in total. The van der Waals surface area contributed by atoms with Crippen molar-refractivity contribution in [1.29, 1.82) is 0 Å². The third-order valence-electron chi connectivity index (χ3n) is 4.30. The molecule has 1 aliphatic rings. The van der Waals surface area contributed by atoms with Crippen molar-refractivity contribution in [2.24, 2.45) is 0 Å². The van der Waals surface area contributed by atoms with Crippen molar-refractivity contribution in [2.45, 2.75) is 32.6 Å². The highest BCUT2D eigenvalue weighted by molar-refractivity contribution is 7.19. The van der Waals surface area contributed by atoms with Gasteiger partial charge in [0.1, 0.15) is 16.5 Å². The second-order valence-electron chi connectivity index (χ2n) is 5.89. The van der Waals surface area contributed by atoms with Crippen LogP contribution in [-0.4, -0.2) is 21.0 Å². The lowest BCUT2D eigenvalue weighted by atomic mass is 10.1. The van der Waals surface area contributed by atoms with Gasteiger partial charge in [0.05, 0.1) is 10.9 Å². The lowest BCUT2D eigenvalue weighted by Gasteiger charge is -2.10. The van der Waals surface area contributed by atoms with E-state index in [-0.39, 0.29) is 5.56 Å². The minimum Gasteiger partial charge on any atom is -0.478 e. The maximum Gasteiger partial charge on any atom is 0.335 e. The molecule has 6 heteroatoms. The predicted molar refractivity (Wildman–Crippen MR) is 95.5 cm³/mol. The first kappa shape index (κ1) is 15.1. The standard InChI is InChI=1S/C18H17N3O2S/c1-2-14-20-16(19-11-6-3-5-10(9-11)18(22)23)15-12-7-4-8-13(12)24-17(15)21-14/h3,5-6,9H,2,4,7-8H2,1H3,(H,22,23)(H,19,20,21). The number of rotatable bonds is 4. The number of hydrogen-bond donors (Lipinski definition) is 2. The lowest BCUT2D eigenvalue weighted by molar-refractivity contribution is 0.0697. The molecule has 24 heavy (non-hydrogen) atoms. The van der Waals surface area contributed by atoms with Crippen LogP contribution in [0, 0.1) is 0 Å². The Hall–Kier alpha value is -2.47. The van der Waals surface area contributed by atoms with Crippen LogP contribution in [0.15, 0.2) is 24.3 Å². The van der Waals surface area contributed by atoms with E-state index in [1.54, 1.807) is 29.5 Å². The summed E-state index contributed by atoms with van der Waals surface area (Å²) in [5.41, 5.74) is 2.35. The first-order chi connectivity index (χ1) is 11.7. The van der Waals surface area contributed by atoms with E-state index < -0.39 is 5.97 Å². The summed E-state index contributed by atoms with van der Waals surface area (Å²) in [7, 11) is 0. The van der Waals surface area contributed by atoms with E-state index in [0.717, 1.165) is 46.8 Å². The summed E-state index contributed by atoms with van der Waals surface area (Å²) < 4.78 is 0. The topological polar surface area (TPSA) is 75.1 Å². The fourth-order valence-electron chi connectivity index (χ4n) is 3.16. The molecule has 0 bridgehead atoms. The number of benzene rings is 1. The van der Waals surface area contributed by atoms with Crippen LogP contribution in [0.2, 0.25) is 0 Å². The molecule has 2 heterocycles. The third-order valence-corrected chi connectivity index (χ3v) is 5.49. The number of carboxylic acid groups (broad SMARTS) is 1. The zero-order valence-corrected chi connectivity index (χ0v) is 14.1. The van der Waals surface area contributed by atoms with Crippen molar-refractivity contribution in [3.05, 3.63) is 46.1 Å². The van der Waals surface area contributed by atoms with Crippen LogP contribution in [-0.2, 0) is 19.3 Å². The summed E-state index contributed by atoms with van der Waals surface area (Å²) in [5, 5.41) is 13.6. The molecule has 122 valence electrons. The van der Waals surface area contributed by atoms with E-state index in [1.807, 2.05) is 13.0 Å². The number of thiophene rings is 1. The number of aromatic carboxylic acids is 1. The molecule has 1 aliphatic carbocycles. The maximum atomic E-state index is 11.2. The largest absolute Gasteiger partial charge is 0.478 e. The number of carbonyl (C=O) groups is 1. The van der Waals surface area contributed by atoms with Gasteiger partial charge in [-0.2, -0.15) is 0 Å². The molecular weight excluding hydrogens is 322 g/mol. The van der Waals surface area contributed by atoms with Gasteiger partial charge in [-0.3, -0.25) is 0 Å². The predicted octanol–water partition coefficient (Wildman–Crippen LogP) is 4.18. The highest BCUT2D eigenvalue weighted by Gasteiger charge is 2.22. The molecule has 2 N–H and O–H groups in total. The monoisotopic (exact) mass is 339 g/mol. The minimum atomic E-state index is -0.933. The quantitative estimate of drug-likeness (QED) is 0.745. The molecule has 0 radical (unpaired) electrons. The lowest BCUT2D eigenvalue weighted by Crippen LogP contribution is -2.02. The molecule has 0 unspecified atom stereocenters. The molecule has 0 fully saturated rings. The van der Waals surface area contributed by atoms with Crippen LogP contribution < -0.4 is 5.32 Å². The zero-order valence-electron chi connectivity index (χ0n) is 13.3. The Morgan fingerprint density at radius 3 is 3.00 bits per heavy atom. The van der Waals surface area contributed by atoms with Gasteiger partial charge in [-0.15, -0.1) is 11.3 Å². The first-order valence-electron chi connectivity index (χ1n) is 8.07. The van der Waals surface area contributed by atoms with Gasteiger partial charge < -0.3 is 10.4 Å². The number of carboxylic acids is 1. The minimum absolute atomic E-state index is 0.261. The van der Waals surface area contributed by atoms with E-state index in [1.165, 1.54) is 16.9 Å². The van der Waals surface area contributed by atoms with Crippen LogP contribution in [0.4, 0.5) is 11.5 Å². The van der Waals surface area contributed by atoms with Gasteiger partial charge in [0.25, 0.3) is 0 Å². The zero-order chi connectivity index (χ0) is 16.7. The molecule has 0 aliphatic heterocycles. The summed E-state index contributed by atoms with van der Waals surface area (Å²) in [6.45, 7) is 2.04. The number of fused-ring (bicyclic) bond motifs is 3. The summed E-state index contributed by atoms with van der Waals surface area (Å²) in [6, 6.07) is 6.82. The summed E-state index contributed by atoms with van der Waals surface area (Å²) in [6.07, 6.45) is 4.13. The normalized spacial score (nSPS) is 13.2. The van der Waals surface area contributed by atoms with E-state index in [0.29, 0.717) is 0 Å². The molecule has 1 aromatic carbocycles. The average Bonchev–Trinajstić information content (AvgIpc) is 3.15. The van der Waals surface area contributed by atoms with Crippen LogP contribution in [0.25, 0.3) is 10.2 Å². The number of nitrogens with one attached hydrogen (secondary N) is 1. The van der Waals surface area contributed by atoms with Crippen molar-refractivity contribution in [3.8, 4) is 0 Å². The summed E-state index contributed by atoms with van der Waals surface area (Å²) in [4.78, 5) is 23.0. The number of nitrogens with zero attached hydrogens (tertiary/aromatic N) is 2. The molecule has 0 saturated carbocycles. The molecule has 0 amide bonds. The fraction of sp³-hybridized carbons (Fsp3) is 0.278. The smallest absolute Gasteiger partial charge is 0.335 e. The second kappa shape index (κ2) is 5.87. The maximum absolute atomic E-state index is 11.2. The van der Waals surface area contributed by atoms with Gasteiger partial charge in [-0.25, -0.2) is 14.8 Å². The Kier molecular flexibility index (Phi) is 3.69. The molecule has 0 atom stereocenters. The van der Waals surface area contributed by atoms with Crippen molar-refractivity contribution < 1.29 is 9.90 Å². The molecule has 0 spiro atoms. The highest BCUT2D eigenvalue weighted by Crippen LogP contribution is 2.40. The van der Waals surface area contributed by atoms with Gasteiger partial charge in [0.2, 0.25) is 0 Å². The molecule has 2 aromatic heterocycles. The van der Waals surface area contributed by atoms with E-state index in [2.05, 4.69) is 15.3 Å². The van der Waals surface area contributed by atoms with Crippen LogP contribution in [0.3, 0.4) is 0 Å². The molecular formula is C18H17N3O2S. The van der Waals surface area contributed by atoms with Crippen molar-refractivity contribution in [3.63, 3.8) is 0 Å². The van der Waals surface area contributed by atoms with Gasteiger partial charge in [0.15, 0.2) is 0 Å². The van der Waals surface area contributed by atoms with Crippen LogP contribution in [0.1, 0.15) is 40.0 Å². The molecule has 3 aromatic rings. The number of aryl methyl sites for hydroxylation is 3. The Labute approximate surface area is 143 Å². The van der Waals surface area contributed by atoms with Gasteiger partial charge in [-0.1, -0.05) is 13.0 Å². The van der Waals surface area contributed by atoms with Gasteiger partial charge in [0, 0.05) is 17.0 Å². The summed E-state index contributed by atoms with van der Waals surface area (Å²) >= 11 is 1.76. The fourth-order valence-corrected chi connectivity index (χ4v) is 4.44. The number of aromatic nitrogens is 2. The Balaban J connectivity index is 1.83. The average molecular weight is 339 g/mol. The van der Waals surface area contributed by atoms with Crippen molar-refractivity contribution in [1.82, 2.24) is 9.97 Å². The first-order valence-corrected chi connectivity index (χ1v) is 8.89. The molecule has 4 rings (SSSR count). The number of anilines is 2. The highest BCUT2D eigenvalue weighted by atomic mass is 32.1. The second-order valence-corrected chi connectivity index (χ2v) is 6.97. The van der Waals surface area contributed by atoms with Gasteiger partial charge >= 0.3 is 5.97 Å². The number of hydrogen-bond acceptors (Lipinski definition) is 5. The van der Waals surface area contributed by atoms with Gasteiger partial charge in [-0.05, 0) is 43.0 Å². The Morgan fingerprint density at radius 1 is 1.33 bits per heavy atom. The Bertz CT molecular complexity index is 949. The van der Waals surface area contributed by atoms with E-state index in [4.69, 9.17) is 0 Å². The van der Waals surface area contributed by atoms with E-state index in [9.17, 15) is 9.90 Å².